The van der Waals surface area contributed by atoms with Crippen LogP contribution in [0.1, 0.15) is 49.3 Å². The summed E-state index contributed by atoms with van der Waals surface area (Å²) in [6, 6.07) is 13.1. The summed E-state index contributed by atoms with van der Waals surface area (Å²) in [6.07, 6.45) is 4.06. The summed E-state index contributed by atoms with van der Waals surface area (Å²) in [5.41, 5.74) is 1.97. The number of hydrogen-bond acceptors (Lipinski definition) is 4. The number of aryl methyl sites for hydroxylation is 1. The third-order valence-electron chi connectivity index (χ3n) is 6.29. The van der Waals surface area contributed by atoms with Gasteiger partial charge in [-0.2, -0.15) is 0 Å². The second-order valence-electron chi connectivity index (χ2n) is 8.38. The molecular weight excluding hydrogens is 383 g/mol. The summed E-state index contributed by atoms with van der Waals surface area (Å²) in [7, 11) is 0. The van der Waals surface area contributed by atoms with Crippen molar-refractivity contribution in [2.45, 2.75) is 57.5 Å². The van der Waals surface area contributed by atoms with Crippen LogP contribution in [0.3, 0.4) is 0 Å². The molecule has 2 fully saturated rings. The molecule has 1 aliphatic carbocycles. The average Bonchev–Trinajstić information content (AvgIpc) is 3.21. The van der Waals surface area contributed by atoms with Gasteiger partial charge in [-0.25, -0.2) is 4.39 Å². The molecule has 0 amide bonds. The van der Waals surface area contributed by atoms with Gasteiger partial charge in [0, 0.05) is 18.4 Å². The van der Waals surface area contributed by atoms with Crippen molar-refractivity contribution in [2.24, 2.45) is 0 Å². The lowest BCUT2D eigenvalue weighted by atomic mass is 9.76. The van der Waals surface area contributed by atoms with Crippen LogP contribution in [0.2, 0.25) is 0 Å². The van der Waals surface area contributed by atoms with Crippen molar-refractivity contribution in [3.05, 3.63) is 70.5 Å². The van der Waals surface area contributed by atoms with Gasteiger partial charge in [-0.3, -0.25) is 0 Å². The van der Waals surface area contributed by atoms with E-state index in [-0.39, 0.29) is 5.82 Å². The van der Waals surface area contributed by atoms with E-state index in [1.54, 1.807) is 12.1 Å². The van der Waals surface area contributed by atoms with Gasteiger partial charge in [-0.15, -0.1) is 0 Å². The van der Waals surface area contributed by atoms with Gasteiger partial charge in [0.05, 0.1) is 18.8 Å². The molecule has 1 saturated heterocycles. The molecule has 30 heavy (non-hydrogen) atoms. The highest BCUT2D eigenvalue weighted by Crippen LogP contribution is 2.43. The summed E-state index contributed by atoms with van der Waals surface area (Å²) in [5, 5.41) is 11.2. The predicted molar refractivity (Wildman–Crippen MR) is 114 cm³/mol. The smallest absolute Gasteiger partial charge is 0.168 e. The molecule has 2 aromatic rings. The van der Waals surface area contributed by atoms with Gasteiger partial charge in [-0.1, -0.05) is 36.4 Å². The summed E-state index contributed by atoms with van der Waals surface area (Å²) >= 11 is 0. The van der Waals surface area contributed by atoms with Gasteiger partial charge in [0.15, 0.2) is 5.79 Å². The van der Waals surface area contributed by atoms with Crippen LogP contribution in [0, 0.1) is 12.7 Å². The van der Waals surface area contributed by atoms with E-state index in [9.17, 15) is 9.50 Å². The minimum absolute atomic E-state index is 0.322. The predicted octanol–water partition coefficient (Wildman–Crippen LogP) is 5.16. The summed E-state index contributed by atoms with van der Waals surface area (Å²) < 4.78 is 32.1. The van der Waals surface area contributed by atoms with Crippen molar-refractivity contribution in [2.75, 3.05) is 13.2 Å². The molecule has 0 unspecified atom stereocenters. The lowest BCUT2D eigenvalue weighted by Gasteiger charge is -2.41. The molecule has 4 nitrogen and oxygen atoms in total. The van der Waals surface area contributed by atoms with Gasteiger partial charge < -0.3 is 19.3 Å². The van der Waals surface area contributed by atoms with E-state index < -0.39 is 11.4 Å². The molecule has 1 heterocycles. The number of hydrogen-bond donors (Lipinski definition) is 1. The molecule has 0 atom stereocenters. The van der Waals surface area contributed by atoms with E-state index in [4.69, 9.17) is 14.2 Å². The molecule has 1 saturated carbocycles. The fraction of sp³-hybridized carbons (Fsp3) is 0.440. The number of halogens is 1. The van der Waals surface area contributed by atoms with Gasteiger partial charge >= 0.3 is 0 Å². The van der Waals surface area contributed by atoms with E-state index in [0.717, 1.165) is 16.7 Å². The minimum Gasteiger partial charge on any atom is -0.489 e. The van der Waals surface area contributed by atoms with Crippen molar-refractivity contribution in [3.8, 4) is 5.75 Å². The van der Waals surface area contributed by atoms with E-state index in [1.807, 2.05) is 44.2 Å². The van der Waals surface area contributed by atoms with Crippen molar-refractivity contribution in [1.29, 1.82) is 0 Å². The van der Waals surface area contributed by atoms with E-state index in [1.165, 1.54) is 6.07 Å². The first kappa shape index (κ1) is 21.0. The van der Waals surface area contributed by atoms with Crippen LogP contribution in [0.4, 0.5) is 4.39 Å². The van der Waals surface area contributed by atoms with E-state index in [2.05, 4.69) is 0 Å². The molecule has 1 N–H and O–H groups in total. The monoisotopic (exact) mass is 412 g/mol. The first-order valence-electron chi connectivity index (χ1n) is 10.6. The zero-order chi connectivity index (χ0) is 21.2. The standard InChI is InChI=1S/C25H29FO4/c1-18-14-22(26)21(16-23(18)28-17-20-6-4-3-5-7-20)15-19(2)24(27)8-10-25(11-9-24)29-12-13-30-25/h3-7,14-16,27H,8-13,17H2,1-2H3/b19-15+. The summed E-state index contributed by atoms with van der Waals surface area (Å²) in [4.78, 5) is 0. The Morgan fingerprint density at radius 2 is 1.77 bits per heavy atom. The maximum absolute atomic E-state index is 14.7. The van der Waals surface area contributed by atoms with Crippen LogP contribution in [-0.2, 0) is 16.1 Å². The van der Waals surface area contributed by atoms with Crippen molar-refractivity contribution < 1.29 is 23.7 Å². The average molecular weight is 413 g/mol. The normalized spacial score (nSPS) is 20.5. The molecule has 160 valence electrons. The lowest BCUT2D eigenvalue weighted by Crippen LogP contribution is -2.44. The summed E-state index contributed by atoms with van der Waals surface area (Å²) in [5.74, 6) is -0.223. The topological polar surface area (TPSA) is 47.9 Å². The Labute approximate surface area is 177 Å². The van der Waals surface area contributed by atoms with E-state index >= 15 is 0 Å². The molecule has 5 heteroatoms. The molecule has 0 bridgehead atoms. The Morgan fingerprint density at radius 1 is 1.10 bits per heavy atom. The molecule has 1 spiro atoms. The quantitative estimate of drug-likeness (QED) is 0.737. The van der Waals surface area contributed by atoms with Crippen molar-refractivity contribution >= 4 is 6.08 Å². The molecular formula is C25H29FO4. The van der Waals surface area contributed by atoms with Gasteiger partial charge in [0.25, 0.3) is 0 Å². The van der Waals surface area contributed by atoms with Gasteiger partial charge in [0.2, 0.25) is 0 Å². The molecule has 4 rings (SSSR count). The van der Waals surface area contributed by atoms with Crippen molar-refractivity contribution in [3.63, 3.8) is 0 Å². The second-order valence-corrected chi connectivity index (χ2v) is 8.38. The Bertz CT molecular complexity index is 906. The number of ether oxygens (including phenoxy) is 3. The Kier molecular flexibility index (Phi) is 5.96. The highest BCUT2D eigenvalue weighted by molar-refractivity contribution is 5.58. The highest BCUT2D eigenvalue weighted by atomic mass is 19.1. The Morgan fingerprint density at radius 3 is 2.43 bits per heavy atom. The molecule has 0 radical (unpaired) electrons. The lowest BCUT2D eigenvalue weighted by molar-refractivity contribution is -0.197. The van der Waals surface area contributed by atoms with Gasteiger partial charge in [-0.05, 0) is 55.5 Å². The third kappa shape index (κ3) is 4.43. The fourth-order valence-corrected chi connectivity index (χ4v) is 4.26. The first-order valence-corrected chi connectivity index (χ1v) is 10.6. The molecule has 2 aromatic carbocycles. The van der Waals surface area contributed by atoms with Crippen LogP contribution in [0.15, 0.2) is 48.0 Å². The largest absolute Gasteiger partial charge is 0.489 e. The Balaban J connectivity index is 1.50. The van der Waals surface area contributed by atoms with Crippen LogP contribution >= 0.6 is 0 Å². The third-order valence-corrected chi connectivity index (χ3v) is 6.29. The zero-order valence-electron chi connectivity index (χ0n) is 17.6. The SMILES string of the molecule is C/C(=C\c1cc(OCc2ccccc2)c(C)cc1F)C1(O)CCC2(CC1)OCCO2. The Hall–Kier alpha value is -2.21. The van der Waals surface area contributed by atoms with E-state index in [0.29, 0.717) is 56.8 Å². The number of aliphatic hydroxyl groups is 1. The molecule has 0 aromatic heterocycles. The summed E-state index contributed by atoms with van der Waals surface area (Å²) in [6.45, 7) is 5.32. The fourth-order valence-electron chi connectivity index (χ4n) is 4.26. The number of rotatable bonds is 5. The maximum Gasteiger partial charge on any atom is 0.168 e. The van der Waals surface area contributed by atoms with Crippen LogP contribution in [0.5, 0.6) is 5.75 Å². The van der Waals surface area contributed by atoms with Gasteiger partial charge in [0.1, 0.15) is 18.2 Å². The first-order chi connectivity index (χ1) is 14.4. The minimum atomic E-state index is -0.983. The van der Waals surface area contributed by atoms with Crippen LogP contribution in [-0.4, -0.2) is 29.7 Å². The van der Waals surface area contributed by atoms with Crippen LogP contribution < -0.4 is 4.74 Å². The van der Waals surface area contributed by atoms with Crippen LogP contribution in [0.25, 0.3) is 6.08 Å². The second kappa shape index (κ2) is 8.50. The van der Waals surface area contributed by atoms with Crippen molar-refractivity contribution in [1.82, 2.24) is 0 Å². The molecule has 2 aliphatic rings. The molecule has 1 aliphatic heterocycles. The maximum atomic E-state index is 14.7. The highest BCUT2D eigenvalue weighted by Gasteiger charge is 2.46. The zero-order valence-corrected chi connectivity index (χ0v) is 17.6. The number of benzene rings is 2.